The van der Waals surface area contributed by atoms with E-state index >= 15 is 0 Å². The number of carbonyl (C=O) groups is 2. The number of aliphatic carboxylic acids is 1. The number of carboxylic acids is 1. The van der Waals surface area contributed by atoms with Gasteiger partial charge in [-0.1, -0.05) is 19.0 Å². The third kappa shape index (κ3) is 4.68. The molecule has 0 aliphatic carbocycles. The summed E-state index contributed by atoms with van der Waals surface area (Å²) in [5.41, 5.74) is 1.68. The number of rotatable bonds is 7. The number of aromatic nitrogens is 1. The van der Waals surface area contributed by atoms with Gasteiger partial charge in [0.2, 0.25) is 5.91 Å². The number of hydrogen-bond acceptors (Lipinski definition) is 4. The monoisotopic (exact) mass is 282 g/mol. The first-order valence-corrected chi connectivity index (χ1v) is 6.75. The Hall–Kier alpha value is -1.85. The Morgan fingerprint density at radius 1 is 1.35 bits per heavy atom. The summed E-state index contributed by atoms with van der Waals surface area (Å²) in [5, 5.41) is 15.5. The van der Waals surface area contributed by atoms with Crippen LogP contribution in [0.25, 0.3) is 0 Å². The molecule has 1 aromatic heterocycles. The largest absolute Gasteiger partial charge is 0.480 e. The molecule has 1 amide bonds. The normalized spacial score (nSPS) is 12.4. The first-order valence-electron chi connectivity index (χ1n) is 6.75. The maximum absolute atomic E-state index is 11.8. The van der Waals surface area contributed by atoms with Crippen LogP contribution < -0.4 is 5.32 Å². The number of carbonyl (C=O) groups excluding carboxylic acids is 1. The van der Waals surface area contributed by atoms with Crippen molar-refractivity contribution in [2.75, 3.05) is 0 Å². The van der Waals surface area contributed by atoms with Crippen molar-refractivity contribution < 1.29 is 19.2 Å². The number of hydrogen-bond donors (Lipinski definition) is 2. The van der Waals surface area contributed by atoms with E-state index < -0.39 is 12.0 Å². The molecule has 0 aromatic carbocycles. The van der Waals surface area contributed by atoms with E-state index in [0.717, 1.165) is 11.3 Å². The summed E-state index contributed by atoms with van der Waals surface area (Å²) in [6.07, 6.45) is 1.15. The van der Waals surface area contributed by atoms with E-state index in [-0.39, 0.29) is 18.2 Å². The summed E-state index contributed by atoms with van der Waals surface area (Å²) in [6.45, 7) is 7.46. The highest BCUT2D eigenvalue weighted by molar-refractivity contribution is 5.83. The number of nitrogens with zero attached hydrogens (tertiary/aromatic N) is 1. The zero-order valence-electron chi connectivity index (χ0n) is 12.4. The van der Waals surface area contributed by atoms with Crippen LogP contribution in [0, 0.1) is 19.8 Å². The van der Waals surface area contributed by atoms with Gasteiger partial charge in [0.15, 0.2) is 0 Å². The Kier molecular flexibility index (Phi) is 5.73. The summed E-state index contributed by atoms with van der Waals surface area (Å²) in [6, 6.07) is -0.827. The maximum Gasteiger partial charge on any atom is 0.326 e. The molecular weight excluding hydrogens is 260 g/mol. The van der Waals surface area contributed by atoms with Crippen LogP contribution in [0.2, 0.25) is 0 Å². The SMILES string of the molecule is Cc1noc(C)c1CCC(=O)N[C@H](CC(C)C)C(=O)O. The van der Waals surface area contributed by atoms with Gasteiger partial charge in [0, 0.05) is 12.0 Å². The molecule has 0 saturated carbocycles. The molecule has 0 aliphatic rings. The highest BCUT2D eigenvalue weighted by Gasteiger charge is 2.21. The van der Waals surface area contributed by atoms with Crippen molar-refractivity contribution in [3.05, 3.63) is 17.0 Å². The minimum absolute atomic E-state index is 0.207. The van der Waals surface area contributed by atoms with Crippen LogP contribution in [0.4, 0.5) is 0 Å². The van der Waals surface area contributed by atoms with Gasteiger partial charge in [-0.25, -0.2) is 4.79 Å². The van der Waals surface area contributed by atoms with Crippen molar-refractivity contribution >= 4 is 11.9 Å². The summed E-state index contributed by atoms with van der Waals surface area (Å²) in [5.74, 6) is -0.353. The van der Waals surface area contributed by atoms with Crippen LogP contribution >= 0.6 is 0 Å². The summed E-state index contributed by atoms with van der Waals surface area (Å²) in [4.78, 5) is 22.9. The van der Waals surface area contributed by atoms with Crippen molar-refractivity contribution in [2.45, 2.75) is 53.0 Å². The van der Waals surface area contributed by atoms with Crippen LogP contribution in [-0.4, -0.2) is 28.2 Å². The third-order valence-corrected chi connectivity index (χ3v) is 3.12. The summed E-state index contributed by atoms with van der Waals surface area (Å²) >= 11 is 0. The lowest BCUT2D eigenvalue weighted by Gasteiger charge is -2.16. The molecule has 0 radical (unpaired) electrons. The predicted molar refractivity (Wildman–Crippen MR) is 73.3 cm³/mol. The van der Waals surface area contributed by atoms with E-state index in [1.165, 1.54) is 0 Å². The van der Waals surface area contributed by atoms with Gasteiger partial charge < -0.3 is 14.9 Å². The first-order chi connectivity index (χ1) is 9.31. The van der Waals surface area contributed by atoms with E-state index in [2.05, 4.69) is 10.5 Å². The molecule has 20 heavy (non-hydrogen) atoms. The average Bonchev–Trinajstić information content (AvgIpc) is 2.65. The Balaban J connectivity index is 2.52. The quantitative estimate of drug-likeness (QED) is 0.796. The van der Waals surface area contributed by atoms with Crippen molar-refractivity contribution in [3.63, 3.8) is 0 Å². The molecule has 112 valence electrons. The fraction of sp³-hybridized carbons (Fsp3) is 0.643. The highest BCUT2D eigenvalue weighted by Crippen LogP contribution is 2.14. The molecule has 0 saturated heterocycles. The van der Waals surface area contributed by atoms with Crippen molar-refractivity contribution in [2.24, 2.45) is 5.92 Å². The number of carboxylic acid groups (broad SMARTS) is 1. The lowest BCUT2D eigenvalue weighted by Crippen LogP contribution is -2.41. The Morgan fingerprint density at radius 2 is 2.00 bits per heavy atom. The summed E-state index contributed by atoms with van der Waals surface area (Å²) < 4.78 is 5.02. The van der Waals surface area contributed by atoms with Crippen molar-refractivity contribution in [3.8, 4) is 0 Å². The van der Waals surface area contributed by atoms with Gasteiger partial charge in [-0.3, -0.25) is 4.79 Å². The standard InChI is InChI=1S/C14H22N2O4/c1-8(2)7-12(14(18)19)15-13(17)6-5-11-9(3)16-20-10(11)4/h8,12H,5-7H2,1-4H3,(H,15,17)(H,18,19)/t12-/m1/s1. The molecule has 0 aliphatic heterocycles. The fourth-order valence-corrected chi connectivity index (χ4v) is 2.06. The topological polar surface area (TPSA) is 92.4 Å². The molecule has 0 spiro atoms. The average molecular weight is 282 g/mol. The second-order valence-electron chi connectivity index (χ2n) is 5.39. The molecule has 6 nitrogen and oxygen atoms in total. The first kappa shape index (κ1) is 16.2. The van der Waals surface area contributed by atoms with Crippen molar-refractivity contribution in [1.29, 1.82) is 0 Å². The molecule has 1 heterocycles. The smallest absolute Gasteiger partial charge is 0.326 e. The van der Waals surface area contributed by atoms with E-state index in [0.29, 0.717) is 18.6 Å². The Morgan fingerprint density at radius 3 is 2.45 bits per heavy atom. The third-order valence-electron chi connectivity index (χ3n) is 3.12. The second kappa shape index (κ2) is 7.07. The van der Waals surface area contributed by atoms with E-state index in [1.54, 1.807) is 6.92 Å². The fourth-order valence-electron chi connectivity index (χ4n) is 2.06. The minimum Gasteiger partial charge on any atom is -0.480 e. The molecular formula is C14H22N2O4. The molecule has 1 rings (SSSR count). The van der Waals surface area contributed by atoms with Gasteiger partial charge in [0.05, 0.1) is 5.69 Å². The minimum atomic E-state index is -0.996. The van der Waals surface area contributed by atoms with Crippen molar-refractivity contribution in [1.82, 2.24) is 10.5 Å². The maximum atomic E-state index is 11.8. The molecule has 0 bridgehead atoms. The molecule has 0 fully saturated rings. The van der Waals surface area contributed by atoms with Gasteiger partial charge in [-0.15, -0.1) is 0 Å². The molecule has 2 N–H and O–H groups in total. The van der Waals surface area contributed by atoms with Gasteiger partial charge in [-0.05, 0) is 32.6 Å². The van der Waals surface area contributed by atoms with Gasteiger partial charge >= 0.3 is 5.97 Å². The van der Waals surface area contributed by atoms with Crippen LogP contribution in [0.15, 0.2) is 4.52 Å². The van der Waals surface area contributed by atoms with E-state index in [1.807, 2.05) is 20.8 Å². The number of amides is 1. The zero-order chi connectivity index (χ0) is 15.3. The predicted octanol–water partition coefficient (Wildman–Crippen LogP) is 1.84. The Bertz CT molecular complexity index is 460. The van der Waals surface area contributed by atoms with Crippen LogP contribution in [-0.2, 0) is 16.0 Å². The molecule has 0 unspecified atom stereocenters. The van der Waals surface area contributed by atoms with E-state index in [4.69, 9.17) is 9.63 Å². The summed E-state index contributed by atoms with van der Waals surface area (Å²) in [7, 11) is 0. The number of nitrogens with one attached hydrogen (secondary N) is 1. The lowest BCUT2D eigenvalue weighted by atomic mass is 10.0. The van der Waals surface area contributed by atoms with Crippen LogP contribution in [0.5, 0.6) is 0 Å². The van der Waals surface area contributed by atoms with E-state index in [9.17, 15) is 9.59 Å². The van der Waals surface area contributed by atoms with Gasteiger partial charge in [0.25, 0.3) is 0 Å². The van der Waals surface area contributed by atoms with Gasteiger partial charge in [-0.2, -0.15) is 0 Å². The molecule has 1 atom stereocenters. The lowest BCUT2D eigenvalue weighted by molar-refractivity contribution is -0.142. The van der Waals surface area contributed by atoms with Crippen LogP contribution in [0.1, 0.15) is 43.7 Å². The zero-order valence-corrected chi connectivity index (χ0v) is 12.4. The molecule has 6 heteroatoms. The Labute approximate surface area is 118 Å². The number of aryl methyl sites for hydroxylation is 2. The highest BCUT2D eigenvalue weighted by atomic mass is 16.5. The molecule has 1 aromatic rings. The second-order valence-corrected chi connectivity index (χ2v) is 5.39. The van der Waals surface area contributed by atoms with Crippen LogP contribution in [0.3, 0.4) is 0 Å². The van der Waals surface area contributed by atoms with Gasteiger partial charge in [0.1, 0.15) is 11.8 Å².